The number of rotatable bonds is 7. The van der Waals surface area contributed by atoms with E-state index >= 15 is 0 Å². The van der Waals surface area contributed by atoms with Gasteiger partial charge in [0.15, 0.2) is 6.61 Å². The molecular weight excluding hydrogens is 462 g/mol. The number of nitrogens with zero attached hydrogens (tertiary/aromatic N) is 3. The number of thioether (sulfide) groups is 1. The van der Waals surface area contributed by atoms with E-state index in [1.165, 1.54) is 4.88 Å². The Labute approximate surface area is 198 Å². The average molecular weight is 484 g/mol. The number of aromatic nitrogens is 3. The molecule has 0 saturated heterocycles. The van der Waals surface area contributed by atoms with Crippen molar-refractivity contribution in [2.45, 2.75) is 18.8 Å². The maximum Gasteiger partial charge on any atom is 0.341 e. The number of benzene rings is 1. The Hall–Kier alpha value is -3.24. The highest BCUT2D eigenvalue weighted by molar-refractivity contribution is 7.98. The molecule has 1 aromatic carbocycles. The van der Waals surface area contributed by atoms with Crippen molar-refractivity contribution in [1.82, 2.24) is 14.7 Å². The number of esters is 1. The molecule has 1 aliphatic heterocycles. The summed E-state index contributed by atoms with van der Waals surface area (Å²) in [6, 6.07) is 9.20. The normalized spacial score (nSPS) is 12.9. The Morgan fingerprint density at radius 1 is 1.21 bits per heavy atom. The van der Waals surface area contributed by atoms with E-state index in [0.717, 1.165) is 28.5 Å². The number of hydrogen-bond donors (Lipinski definition) is 0. The molecule has 0 atom stereocenters. The van der Waals surface area contributed by atoms with Gasteiger partial charge in [0.2, 0.25) is 5.82 Å². The zero-order valence-corrected chi connectivity index (χ0v) is 19.7. The van der Waals surface area contributed by atoms with Crippen molar-refractivity contribution in [1.29, 1.82) is 0 Å². The SMILES string of the molecule is COc1ccc(-c2noc(COC(=O)c3c(-n4cccc4)sc4c3CCSC4)n2)c(OC)c1. The second kappa shape index (κ2) is 9.32. The lowest BCUT2D eigenvalue weighted by atomic mass is 10.1. The summed E-state index contributed by atoms with van der Waals surface area (Å²) in [6.45, 7) is -0.116. The molecule has 0 fully saturated rings. The smallest absolute Gasteiger partial charge is 0.341 e. The number of hydrogen-bond acceptors (Lipinski definition) is 9. The maximum atomic E-state index is 13.2. The van der Waals surface area contributed by atoms with Crippen LogP contribution in [0.5, 0.6) is 11.5 Å². The van der Waals surface area contributed by atoms with Crippen LogP contribution >= 0.6 is 23.1 Å². The molecule has 0 amide bonds. The van der Waals surface area contributed by atoms with Crippen LogP contribution in [-0.2, 0) is 23.5 Å². The Kier molecular flexibility index (Phi) is 6.10. The lowest BCUT2D eigenvalue weighted by Crippen LogP contribution is -2.12. The van der Waals surface area contributed by atoms with Crippen LogP contribution in [0, 0.1) is 0 Å². The first kappa shape index (κ1) is 21.6. The van der Waals surface area contributed by atoms with Gasteiger partial charge in [0.1, 0.15) is 16.5 Å². The van der Waals surface area contributed by atoms with Gasteiger partial charge < -0.3 is 23.3 Å². The van der Waals surface area contributed by atoms with E-state index < -0.39 is 0 Å². The molecule has 0 aliphatic carbocycles. The minimum absolute atomic E-state index is 0.116. The summed E-state index contributed by atoms with van der Waals surface area (Å²) in [6.07, 6.45) is 4.73. The molecule has 0 bridgehead atoms. The third-order valence-corrected chi connectivity index (χ3v) is 7.70. The van der Waals surface area contributed by atoms with Crippen LogP contribution in [0.1, 0.15) is 26.7 Å². The van der Waals surface area contributed by atoms with Gasteiger partial charge in [-0.2, -0.15) is 16.7 Å². The highest BCUT2D eigenvalue weighted by Gasteiger charge is 2.28. The van der Waals surface area contributed by atoms with E-state index in [-0.39, 0.29) is 18.5 Å². The average Bonchev–Trinajstić information content (AvgIpc) is 3.61. The molecule has 170 valence electrons. The number of ether oxygens (including phenoxy) is 3. The van der Waals surface area contributed by atoms with Crippen molar-refractivity contribution in [3.63, 3.8) is 0 Å². The summed E-state index contributed by atoms with van der Waals surface area (Å²) in [4.78, 5) is 18.8. The van der Waals surface area contributed by atoms with Crippen molar-refractivity contribution >= 4 is 29.1 Å². The van der Waals surface area contributed by atoms with E-state index in [0.29, 0.717) is 28.5 Å². The van der Waals surface area contributed by atoms with Gasteiger partial charge in [-0.15, -0.1) is 11.3 Å². The van der Waals surface area contributed by atoms with Gasteiger partial charge >= 0.3 is 5.97 Å². The molecule has 0 radical (unpaired) electrons. The third-order valence-electron chi connectivity index (χ3n) is 5.29. The van der Waals surface area contributed by atoms with Gasteiger partial charge in [-0.3, -0.25) is 0 Å². The monoisotopic (exact) mass is 483 g/mol. The van der Waals surface area contributed by atoms with Gasteiger partial charge in [-0.1, -0.05) is 5.16 Å². The van der Waals surface area contributed by atoms with E-state index in [1.54, 1.807) is 43.8 Å². The zero-order valence-electron chi connectivity index (χ0n) is 18.1. The van der Waals surface area contributed by atoms with Gasteiger partial charge in [-0.25, -0.2) is 4.79 Å². The Morgan fingerprint density at radius 3 is 2.85 bits per heavy atom. The first-order valence-electron chi connectivity index (χ1n) is 10.3. The van der Waals surface area contributed by atoms with Gasteiger partial charge in [0.25, 0.3) is 5.89 Å². The molecule has 0 unspecified atom stereocenters. The van der Waals surface area contributed by atoms with Crippen molar-refractivity contribution in [2.24, 2.45) is 0 Å². The number of fused-ring (bicyclic) bond motifs is 1. The predicted octanol–water partition coefficient (Wildman–Crippen LogP) is 4.75. The van der Waals surface area contributed by atoms with Crippen molar-refractivity contribution in [3.8, 4) is 27.9 Å². The lowest BCUT2D eigenvalue weighted by Gasteiger charge is -2.12. The second-order valence-electron chi connectivity index (χ2n) is 7.23. The van der Waals surface area contributed by atoms with E-state index in [9.17, 15) is 4.79 Å². The van der Waals surface area contributed by atoms with Crippen molar-refractivity contribution in [3.05, 3.63) is 64.6 Å². The van der Waals surface area contributed by atoms with Crippen LogP contribution in [0.3, 0.4) is 0 Å². The summed E-state index contributed by atoms with van der Waals surface area (Å²) >= 11 is 3.53. The van der Waals surface area contributed by atoms with Gasteiger partial charge in [-0.05, 0) is 42.0 Å². The number of thiophene rings is 1. The number of carbonyl (C=O) groups excluding carboxylic acids is 1. The summed E-state index contributed by atoms with van der Waals surface area (Å²) in [7, 11) is 3.14. The van der Waals surface area contributed by atoms with Crippen LogP contribution in [0.25, 0.3) is 16.4 Å². The summed E-state index contributed by atoms with van der Waals surface area (Å²) in [5.74, 6) is 3.29. The van der Waals surface area contributed by atoms with E-state index in [2.05, 4.69) is 10.1 Å². The van der Waals surface area contributed by atoms with E-state index in [4.69, 9.17) is 18.7 Å². The minimum Gasteiger partial charge on any atom is -0.497 e. The molecule has 1 aliphatic rings. The predicted molar refractivity (Wildman–Crippen MR) is 125 cm³/mol. The summed E-state index contributed by atoms with van der Waals surface area (Å²) in [5.41, 5.74) is 2.36. The molecule has 4 heterocycles. The Morgan fingerprint density at radius 2 is 2.06 bits per heavy atom. The molecule has 0 saturated carbocycles. The summed E-state index contributed by atoms with van der Waals surface area (Å²) < 4.78 is 23.5. The van der Waals surface area contributed by atoms with Crippen LogP contribution in [0.2, 0.25) is 0 Å². The molecule has 0 spiro atoms. The molecule has 10 heteroatoms. The molecule has 4 aromatic rings. The molecule has 0 N–H and O–H groups in total. The fourth-order valence-corrected chi connectivity index (χ4v) is 6.12. The highest BCUT2D eigenvalue weighted by atomic mass is 32.2. The standard InChI is InChI=1S/C23H21N3O5S2/c1-28-14-5-6-15(17(11-14)29-2)21-24-19(31-25-21)12-30-23(27)20-16-7-10-32-13-18(16)33-22(20)26-8-3-4-9-26/h3-6,8-9,11H,7,10,12-13H2,1-2H3. The van der Waals surface area contributed by atoms with E-state index in [1.807, 2.05) is 40.9 Å². The topological polar surface area (TPSA) is 88.6 Å². The fraction of sp³-hybridized carbons (Fsp3) is 0.261. The summed E-state index contributed by atoms with van der Waals surface area (Å²) in [5, 5.41) is 4.90. The minimum atomic E-state index is -0.384. The Balaban J connectivity index is 1.36. The van der Waals surface area contributed by atoms with Crippen LogP contribution in [0.4, 0.5) is 0 Å². The van der Waals surface area contributed by atoms with Crippen LogP contribution in [-0.4, -0.2) is 40.6 Å². The fourth-order valence-electron chi connectivity index (χ4n) is 3.69. The molecule has 8 nitrogen and oxygen atoms in total. The maximum absolute atomic E-state index is 13.2. The molecule has 5 rings (SSSR count). The van der Waals surface area contributed by atoms with Gasteiger partial charge in [0.05, 0.1) is 25.3 Å². The molecular formula is C23H21N3O5S2. The van der Waals surface area contributed by atoms with Crippen molar-refractivity contribution < 1.29 is 23.5 Å². The zero-order chi connectivity index (χ0) is 22.8. The lowest BCUT2D eigenvalue weighted by molar-refractivity contribution is 0.0429. The van der Waals surface area contributed by atoms with Crippen LogP contribution < -0.4 is 9.47 Å². The highest BCUT2D eigenvalue weighted by Crippen LogP contribution is 2.39. The third kappa shape index (κ3) is 4.23. The van der Waals surface area contributed by atoms with Gasteiger partial charge in [0, 0.05) is 29.1 Å². The largest absolute Gasteiger partial charge is 0.497 e. The van der Waals surface area contributed by atoms with Crippen molar-refractivity contribution in [2.75, 3.05) is 20.0 Å². The van der Waals surface area contributed by atoms with Crippen LogP contribution in [0.15, 0.2) is 47.2 Å². The first-order chi connectivity index (χ1) is 16.2. The quantitative estimate of drug-likeness (QED) is 0.348. The second-order valence-corrected chi connectivity index (χ2v) is 9.42. The molecule has 33 heavy (non-hydrogen) atoms. The Bertz CT molecular complexity index is 1280. The number of methoxy groups -OCH3 is 2. The molecule has 3 aromatic heterocycles. The first-order valence-corrected chi connectivity index (χ1v) is 12.2. The number of carbonyl (C=O) groups is 1.